The first-order chi connectivity index (χ1) is 12.3. The minimum atomic E-state index is -4.00. The van der Waals surface area contributed by atoms with Crippen molar-refractivity contribution in [3.8, 4) is 5.75 Å². The van der Waals surface area contributed by atoms with Crippen LogP contribution in [0.2, 0.25) is 0 Å². The van der Waals surface area contributed by atoms with Crippen LogP contribution in [-0.2, 0) is 0 Å². The SMILES string of the molecule is COc1cc(C)c(C2=C3C=CC(Br)=[N+]3[B-](F)(F)n3c(Br)ccc32)cc1C. The molecule has 0 saturated carbocycles. The van der Waals surface area contributed by atoms with Gasteiger partial charge in [-0.05, 0) is 70.7 Å². The molecule has 0 spiro atoms. The van der Waals surface area contributed by atoms with Crippen LogP contribution in [0, 0.1) is 13.8 Å². The molecule has 8 heteroatoms. The number of benzene rings is 1. The van der Waals surface area contributed by atoms with Gasteiger partial charge in [-0.1, -0.05) is 0 Å². The Morgan fingerprint density at radius 3 is 2.50 bits per heavy atom. The molecular formula is C18H15BBr2F2N2O. The number of hydrogen-bond acceptors (Lipinski definition) is 1. The maximum Gasteiger partial charge on any atom is 0.738 e. The highest BCUT2D eigenvalue weighted by Gasteiger charge is 2.54. The smallest absolute Gasteiger partial charge is 0.496 e. The van der Waals surface area contributed by atoms with Crippen LogP contribution in [0.1, 0.15) is 22.4 Å². The van der Waals surface area contributed by atoms with Gasteiger partial charge in [0.15, 0.2) is 5.70 Å². The molecule has 3 heterocycles. The second-order valence-corrected chi connectivity index (χ2v) is 8.05. The van der Waals surface area contributed by atoms with Gasteiger partial charge in [0, 0.05) is 33.8 Å². The molecule has 0 unspecified atom stereocenters. The van der Waals surface area contributed by atoms with E-state index in [2.05, 4.69) is 31.9 Å². The van der Waals surface area contributed by atoms with Crippen LogP contribution >= 0.6 is 31.9 Å². The lowest BCUT2D eigenvalue weighted by Gasteiger charge is -2.32. The van der Waals surface area contributed by atoms with Gasteiger partial charge < -0.3 is 22.3 Å². The van der Waals surface area contributed by atoms with Crippen LogP contribution in [0.15, 0.2) is 46.7 Å². The standard InChI is InChI=1S/C18H15BBr2F2N2O/c1-10-9-15(26-3)11(2)8-12(10)18-13-4-6-16(20)24(13)19(22,23)25-14(18)5-7-17(25)21/h4-9H,1-3H3. The zero-order chi connectivity index (χ0) is 18.8. The van der Waals surface area contributed by atoms with Crippen molar-refractivity contribution in [2.45, 2.75) is 13.8 Å². The minimum Gasteiger partial charge on any atom is -0.496 e. The Morgan fingerprint density at radius 1 is 1.08 bits per heavy atom. The average Bonchev–Trinajstić information content (AvgIpc) is 3.15. The second-order valence-electron chi connectivity index (χ2n) is 6.42. The monoisotopic (exact) mass is 482 g/mol. The molecule has 0 saturated heterocycles. The lowest BCUT2D eigenvalue weighted by molar-refractivity contribution is -0.358. The van der Waals surface area contributed by atoms with Gasteiger partial charge in [-0.2, -0.15) is 0 Å². The molecular weight excluding hydrogens is 469 g/mol. The lowest BCUT2D eigenvalue weighted by Crippen LogP contribution is -2.50. The maximum atomic E-state index is 15.3. The Kier molecular flexibility index (Phi) is 4.04. The van der Waals surface area contributed by atoms with E-state index >= 15 is 8.63 Å². The van der Waals surface area contributed by atoms with E-state index in [1.54, 1.807) is 31.4 Å². The molecule has 0 bridgehead atoms. The normalized spacial score (nSPS) is 17.7. The average molecular weight is 484 g/mol. The zero-order valence-corrected chi connectivity index (χ0v) is 17.5. The number of rotatable bonds is 2. The molecule has 0 radical (unpaired) electrons. The van der Waals surface area contributed by atoms with Crippen LogP contribution in [-0.4, -0.2) is 27.7 Å². The van der Waals surface area contributed by atoms with Gasteiger partial charge in [0.1, 0.15) is 5.75 Å². The van der Waals surface area contributed by atoms with Gasteiger partial charge in [0.2, 0.25) is 4.62 Å². The third-order valence-corrected chi connectivity index (χ3v) is 6.17. The quantitative estimate of drug-likeness (QED) is 0.533. The van der Waals surface area contributed by atoms with Crippen molar-refractivity contribution in [2.24, 2.45) is 0 Å². The van der Waals surface area contributed by atoms with E-state index in [4.69, 9.17) is 4.74 Å². The van der Waals surface area contributed by atoms with Gasteiger partial charge in [-0.25, -0.2) is 0 Å². The van der Waals surface area contributed by atoms with Crippen LogP contribution in [0.3, 0.4) is 0 Å². The molecule has 2 aromatic rings. The van der Waals surface area contributed by atoms with E-state index in [-0.39, 0.29) is 0 Å². The molecule has 1 aromatic heterocycles. The fraction of sp³-hybridized carbons (Fsp3) is 0.167. The molecule has 0 fully saturated rings. The molecule has 2 aliphatic rings. The Bertz CT molecular complexity index is 1050. The van der Waals surface area contributed by atoms with Crippen LogP contribution in [0.25, 0.3) is 5.57 Å². The zero-order valence-electron chi connectivity index (χ0n) is 14.4. The number of fused-ring (bicyclic) bond motifs is 2. The van der Waals surface area contributed by atoms with Crippen LogP contribution < -0.4 is 4.74 Å². The summed E-state index contributed by atoms with van der Waals surface area (Å²) in [5, 5.41) is 0. The summed E-state index contributed by atoms with van der Waals surface area (Å²) in [5.41, 5.74) is 4.59. The van der Waals surface area contributed by atoms with Crippen molar-refractivity contribution in [3.63, 3.8) is 0 Å². The molecule has 0 atom stereocenters. The van der Waals surface area contributed by atoms with Gasteiger partial charge in [-0.3, -0.25) is 0 Å². The number of allylic oxidation sites excluding steroid dienone is 2. The van der Waals surface area contributed by atoms with E-state index in [9.17, 15) is 0 Å². The van der Waals surface area contributed by atoms with E-state index in [0.29, 0.717) is 20.6 Å². The molecule has 134 valence electrons. The number of methoxy groups -OCH3 is 1. The Morgan fingerprint density at radius 2 is 1.81 bits per heavy atom. The summed E-state index contributed by atoms with van der Waals surface area (Å²) in [7, 11) is 1.63. The van der Waals surface area contributed by atoms with Crippen molar-refractivity contribution < 1.29 is 17.9 Å². The topological polar surface area (TPSA) is 17.2 Å². The van der Waals surface area contributed by atoms with Crippen molar-refractivity contribution in [1.82, 2.24) is 4.48 Å². The number of nitrogens with zero attached hydrogens (tertiary/aromatic N) is 2. The van der Waals surface area contributed by atoms with Crippen molar-refractivity contribution in [2.75, 3.05) is 7.11 Å². The molecule has 1 aromatic carbocycles. The van der Waals surface area contributed by atoms with Crippen molar-refractivity contribution in [3.05, 3.63) is 69.1 Å². The van der Waals surface area contributed by atoms with Gasteiger partial charge in [-0.15, -0.1) is 0 Å². The first-order valence-electron chi connectivity index (χ1n) is 8.06. The molecule has 0 N–H and O–H groups in total. The van der Waals surface area contributed by atoms with Crippen LogP contribution in [0.5, 0.6) is 5.75 Å². The third kappa shape index (κ3) is 2.31. The van der Waals surface area contributed by atoms with E-state index in [1.807, 2.05) is 26.0 Å². The fourth-order valence-corrected chi connectivity index (χ4v) is 4.83. The Balaban J connectivity index is 2.10. The number of hydrogen-bond donors (Lipinski definition) is 0. The van der Waals surface area contributed by atoms with E-state index in [0.717, 1.165) is 37.0 Å². The number of ether oxygens (including phenoxy) is 1. The Hall–Kier alpha value is -1.67. The van der Waals surface area contributed by atoms with Gasteiger partial charge in [0.05, 0.1) is 17.3 Å². The summed E-state index contributed by atoms with van der Waals surface area (Å²) >= 11 is 6.57. The lowest BCUT2D eigenvalue weighted by atomic mass is 9.85. The first-order valence-corrected chi connectivity index (χ1v) is 9.65. The predicted molar refractivity (Wildman–Crippen MR) is 107 cm³/mol. The van der Waals surface area contributed by atoms with Gasteiger partial charge in [0.25, 0.3) is 0 Å². The number of halogens is 4. The van der Waals surface area contributed by atoms with Crippen molar-refractivity contribution >= 4 is 49.0 Å². The van der Waals surface area contributed by atoms with E-state index in [1.165, 1.54) is 0 Å². The summed E-state index contributed by atoms with van der Waals surface area (Å²) in [5.74, 6) is 0.783. The molecule has 0 amide bonds. The highest BCUT2D eigenvalue weighted by molar-refractivity contribution is 9.18. The summed E-state index contributed by atoms with van der Waals surface area (Å²) in [4.78, 5) is 0. The number of aromatic nitrogens is 1. The summed E-state index contributed by atoms with van der Waals surface area (Å²) in [6.45, 7) is -0.0839. The molecule has 2 aliphatic heterocycles. The largest absolute Gasteiger partial charge is 0.738 e. The summed E-state index contributed by atoms with van der Waals surface area (Å²) in [6.07, 6.45) is 3.40. The Labute approximate surface area is 167 Å². The van der Waals surface area contributed by atoms with E-state index < -0.39 is 6.97 Å². The fourth-order valence-electron chi connectivity index (χ4n) is 3.69. The highest BCUT2D eigenvalue weighted by atomic mass is 79.9. The highest BCUT2D eigenvalue weighted by Crippen LogP contribution is 2.43. The molecule has 26 heavy (non-hydrogen) atoms. The minimum absolute atomic E-state index is 0.351. The molecule has 0 aliphatic carbocycles. The summed E-state index contributed by atoms with van der Waals surface area (Å²) in [6, 6.07) is 7.34. The third-order valence-electron chi connectivity index (χ3n) is 4.88. The van der Waals surface area contributed by atoms with Crippen LogP contribution in [0.4, 0.5) is 8.63 Å². The van der Waals surface area contributed by atoms with Crippen molar-refractivity contribution in [1.29, 1.82) is 0 Å². The first kappa shape index (κ1) is 17.7. The van der Waals surface area contributed by atoms with Gasteiger partial charge >= 0.3 is 6.97 Å². The summed E-state index contributed by atoms with van der Waals surface area (Å²) < 4.78 is 38.8. The molecule has 3 nitrogen and oxygen atoms in total. The second kappa shape index (κ2) is 5.92. The number of aryl methyl sites for hydroxylation is 2. The maximum absolute atomic E-state index is 15.3. The predicted octanol–water partition coefficient (Wildman–Crippen LogP) is 5.25. The molecule has 4 rings (SSSR count).